The van der Waals surface area contributed by atoms with E-state index in [1.54, 1.807) is 0 Å². The van der Waals surface area contributed by atoms with E-state index < -0.39 is 0 Å². The Bertz CT molecular complexity index is 2500. The fraction of sp³-hybridized carbons (Fsp3) is 0. The van der Waals surface area contributed by atoms with Crippen molar-refractivity contribution in [1.82, 2.24) is 0 Å². The van der Waals surface area contributed by atoms with Gasteiger partial charge in [-0.3, -0.25) is 0 Å². The zero-order valence-corrected chi connectivity index (χ0v) is 23.9. The van der Waals surface area contributed by atoms with Gasteiger partial charge in [0.2, 0.25) is 0 Å². The second-order valence-corrected chi connectivity index (χ2v) is 11.4. The number of hydrogen-bond acceptors (Lipinski definition) is 2. The van der Waals surface area contributed by atoms with Gasteiger partial charge >= 0.3 is 0 Å². The summed E-state index contributed by atoms with van der Waals surface area (Å²) >= 11 is 0. The van der Waals surface area contributed by atoms with Crippen molar-refractivity contribution in [2.45, 2.75) is 0 Å². The zero-order chi connectivity index (χ0) is 29.0. The highest BCUT2D eigenvalue weighted by Crippen LogP contribution is 2.42. The molecule has 9 aromatic rings. The monoisotopic (exact) mass is 561 g/mol. The van der Waals surface area contributed by atoms with E-state index >= 15 is 0 Å². The molecule has 0 atom stereocenters. The summed E-state index contributed by atoms with van der Waals surface area (Å²) in [5, 5.41) is 9.48. The summed E-state index contributed by atoms with van der Waals surface area (Å²) in [7, 11) is 0. The Kier molecular flexibility index (Phi) is 5.54. The highest BCUT2D eigenvalue weighted by Gasteiger charge is 2.18. The van der Waals surface area contributed by atoms with Gasteiger partial charge in [-0.2, -0.15) is 0 Å². The van der Waals surface area contributed by atoms with Crippen molar-refractivity contribution < 1.29 is 4.42 Å². The molecule has 0 N–H and O–H groups in total. The molecule has 0 aliphatic carbocycles. The lowest BCUT2D eigenvalue weighted by atomic mass is 10.0. The molecule has 2 nitrogen and oxygen atoms in total. The van der Waals surface area contributed by atoms with Gasteiger partial charge in [-0.05, 0) is 81.2 Å². The molecule has 1 aromatic heterocycles. The van der Waals surface area contributed by atoms with Gasteiger partial charge in [-0.15, -0.1) is 0 Å². The van der Waals surface area contributed by atoms with Crippen molar-refractivity contribution >= 4 is 71.3 Å². The van der Waals surface area contributed by atoms with Crippen LogP contribution in [0.3, 0.4) is 0 Å². The van der Waals surface area contributed by atoms with E-state index in [1.807, 2.05) is 0 Å². The lowest BCUT2D eigenvalue weighted by molar-refractivity contribution is 0.672. The lowest BCUT2D eigenvalue weighted by Gasteiger charge is -2.27. The van der Waals surface area contributed by atoms with Crippen LogP contribution in [0.5, 0.6) is 0 Å². The van der Waals surface area contributed by atoms with Gasteiger partial charge < -0.3 is 9.32 Å². The maximum Gasteiger partial charge on any atom is 0.143 e. The van der Waals surface area contributed by atoms with Crippen LogP contribution in [-0.4, -0.2) is 0 Å². The molecule has 9 rings (SSSR count). The quantitative estimate of drug-likeness (QED) is 0.212. The summed E-state index contributed by atoms with van der Waals surface area (Å²) in [5.74, 6) is 0. The molecule has 2 heteroatoms. The standard InChI is InChI=1S/C42H27NO/c1-2-11-32-26-33(17-16-28(32)8-1)29-18-21-34(22-19-29)43(40-15-7-12-30-9-3-5-13-36(30)40)35-23-25-41-39(27-35)38-24-20-31-10-4-6-14-37(31)42(38)44-41/h1-27H. The van der Waals surface area contributed by atoms with E-state index in [9.17, 15) is 0 Å². The molecule has 0 bridgehead atoms. The molecule has 0 saturated heterocycles. The van der Waals surface area contributed by atoms with Crippen LogP contribution in [0, 0.1) is 0 Å². The number of hydrogen-bond donors (Lipinski definition) is 0. The van der Waals surface area contributed by atoms with Gasteiger partial charge in [0.1, 0.15) is 11.2 Å². The van der Waals surface area contributed by atoms with E-state index in [1.165, 1.54) is 38.1 Å². The minimum atomic E-state index is 0.893. The van der Waals surface area contributed by atoms with Crippen LogP contribution in [0.15, 0.2) is 168 Å². The molecular formula is C42H27NO. The van der Waals surface area contributed by atoms with E-state index in [2.05, 4.69) is 169 Å². The van der Waals surface area contributed by atoms with Crippen LogP contribution in [0.1, 0.15) is 0 Å². The van der Waals surface area contributed by atoms with E-state index in [0.29, 0.717) is 0 Å². The smallest absolute Gasteiger partial charge is 0.143 e. The highest BCUT2D eigenvalue weighted by molar-refractivity contribution is 6.16. The van der Waals surface area contributed by atoms with E-state index in [0.717, 1.165) is 44.4 Å². The summed E-state index contributed by atoms with van der Waals surface area (Å²) in [4.78, 5) is 2.37. The Hall–Kier alpha value is -5.86. The number of fused-ring (bicyclic) bond motifs is 7. The lowest BCUT2D eigenvalue weighted by Crippen LogP contribution is -2.10. The Labute approximate surface area is 255 Å². The third-order valence-corrected chi connectivity index (χ3v) is 8.82. The molecule has 0 saturated carbocycles. The predicted octanol–water partition coefficient (Wildman–Crippen LogP) is 12.2. The van der Waals surface area contributed by atoms with Crippen LogP contribution in [0.4, 0.5) is 17.1 Å². The average molecular weight is 562 g/mol. The van der Waals surface area contributed by atoms with Crippen LogP contribution < -0.4 is 4.90 Å². The van der Waals surface area contributed by atoms with Gasteiger partial charge in [0.15, 0.2) is 0 Å². The van der Waals surface area contributed by atoms with Crippen molar-refractivity contribution in [3.63, 3.8) is 0 Å². The topological polar surface area (TPSA) is 16.4 Å². The molecule has 0 unspecified atom stereocenters. The Balaban J connectivity index is 1.22. The molecule has 0 radical (unpaired) electrons. The first kappa shape index (κ1) is 24.7. The van der Waals surface area contributed by atoms with Crippen LogP contribution in [-0.2, 0) is 0 Å². The second-order valence-electron chi connectivity index (χ2n) is 11.4. The van der Waals surface area contributed by atoms with Crippen molar-refractivity contribution in [2.24, 2.45) is 0 Å². The minimum Gasteiger partial charge on any atom is -0.455 e. The molecule has 0 spiro atoms. The Morgan fingerprint density at radius 2 is 1.00 bits per heavy atom. The average Bonchev–Trinajstić information content (AvgIpc) is 3.47. The van der Waals surface area contributed by atoms with Gasteiger partial charge in [0, 0.05) is 32.9 Å². The molecule has 0 aliphatic rings. The van der Waals surface area contributed by atoms with Crippen molar-refractivity contribution in [2.75, 3.05) is 4.90 Å². The number of furan rings is 1. The highest BCUT2D eigenvalue weighted by atomic mass is 16.3. The molecule has 0 fully saturated rings. The van der Waals surface area contributed by atoms with Crippen molar-refractivity contribution in [3.8, 4) is 11.1 Å². The maximum absolute atomic E-state index is 6.46. The van der Waals surface area contributed by atoms with Crippen LogP contribution >= 0.6 is 0 Å². The zero-order valence-electron chi connectivity index (χ0n) is 23.9. The Morgan fingerprint density at radius 1 is 0.364 bits per heavy atom. The van der Waals surface area contributed by atoms with Gasteiger partial charge in [0.25, 0.3) is 0 Å². The number of benzene rings is 8. The largest absolute Gasteiger partial charge is 0.455 e. The maximum atomic E-state index is 6.46. The Morgan fingerprint density at radius 3 is 1.84 bits per heavy atom. The van der Waals surface area contributed by atoms with Crippen LogP contribution in [0.2, 0.25) is 0 Å². The van der Waals surface area contributed by atoms with E-state index in [-0.39, 0.29) is 0 Å². The van der Waals surface area contributed by atoms with Gasteiger partial charge in [0.05, 0.1) is 5.69 Å². The molecule has 44 heavy (non-hydrogen) atoms. The first-order valence-corrected chi connectivity index (χ1v) is 15.0. The second kappa shape index (κ2) is 9.86. The first-order chi connectivity index (χ1) is 21.8. The van der Waals surface area contributed by atoms with Crippen LogP contribution in [0.25, 0.3) is 65.4 Å². The third-order valence-electron chi connectivity index (χ3n) is 8.82. The SMILES string of the molecule is c1ccc2cc(-c3ccc(N(c4ccc5oc6c7ccccc7ccc6c5c4)c4cccc5ccccc45)cc3)ccc2c1. The fourth-order valence-corrected chi connectivity index (χ4v) is 6.63. The molecule has 8 aromatic carbocycles. The molecule has 0 aliphatic heterocycles. The normalized spacial score (nSPS) is 11.6. The van der Waals surface area contributed by atoms with Gasteiger partial charge in [-0.25, -0.2) is 0 Å². The number of rotatable bonds is 4. The predicted molar refractivity (Wildman–Crippen MR) is 186 cm³/mol. The van der Waals surface area contributed by atoms with Crippen molar-refractivity contribution in [1.29, 1.82) is 0 Å². The molecule has 206 valence electrons. The molecule has 0 amide bonds. The van der Waals surface area contributed by atoms with Gasteiger partial charge in [-0.1, -0.05) is 115 Å². The van der Waals surface area contributed by atoms with Crippen molar-refractivity contribution in [3.05, 3.63) is 164 Å². The minimum absolute atomic E-state index is 0.893. The number of nitrogens with zero attached hydrogens (tertiary/aromatic N) is 1. The number of anilines is 3. The summed E-state index contributed by atoms with van der Waals surface area (Å²) in [5.41, 5.74) is 7.56. The summed E-state index contributed by atoms with van der Waals surface area (Å²) in [6.45, 7) is 0. The molecular weight excluding hydrogens is 534 g/mol. The third kappa shape index (κ3) is 3.96. The molecule has 1 heterocycles. The summed E-state index contributed by atoms with van der Waals surface area (Å²) in [6.07, 6.45) is 0. The van der Waals surface area contributed by atoms with E-state index in [4.69, 9.17) is 4.42 Å². The summed E-state index contributed by atoms with van der Waals surface area (Å²) in [6, 6.07) is 58.6. The fourth-order valence-electron chi connectivity index (χ4n) is 6.63. The first-order valence-electron chi connectivity index (χ1n) is 15.0. The summed E-state index contributed by atoms with van der Waals surface area (Å²) < 4.78 is 6.46.